The van der Waals surface area contributed by atoms with Crippen molar-refractivity contribution in [1.82, 2.24) is 9.88 Å². The van der Waals surface area contributed by atoms with E-state index < -0.39 is 0 Å². The SMILES string of the molecule is CCN(CC)C(=O)CNc1ccc2cnccc2c1N. The number of likely N-dealkylation sites (N-methyl/N-ethyl adjacent to an activating group) is 1. The summed E-state index contributed by atoms with van der Waals surface area (Å²) >= 11 is 0. The van der Waals surface area contributed by atoms with E-state index in [0.29, 0.717) is 5.69 Å². The Bertz CT molecular complexity index is 608. The third-order valence-corrected chi connectivity index (χ3v) is 3.41. The maximum absolute atomic E-state index is 12.0. The lowest BCUT2D eigenvalue weighted by molar-refractivity contribution is -0.128. The molecule has 0 aliphatic carbocycles. The first-order valence-corrected chi connectivity index (χ1v) is 6.81. The van der Waals surface area contributed by atoms with E-state index >= 15 is 0 Å². The summed E-state index contributed by atoms with van der Waals surface area (Å²) in [5.41, 5.74) is 7.56. The molecule has 0 aliphatic heterocycles. The lowest BCUT2D eigenvalue weighted by atomic mass is 10.1. The van der Waals surface area contributed by atoms with Crippen LogP contribution in [0.15, 0.2) is 30.6 Å². The first-order valence-electron chi connectivity index (χ1n) is 6.81. The van der Waals surface area contributed by atoms with Crippen LogP contribution in [0.25, 0.3) is 10.8 Å². The fourth-order valence-corrected chi connectivity index (χ4v) is 2.21. The summed E-state index contributed by atoms with van der Waals surface area (Å²) in [6, 6.07) is 5.71. The van der Waals surface area contributed by atoms with E-state index in [1.807, 2.05) is 32.0 Å². The molecule has 5 heteroatoms. The van der Waals surface area contributed by atoms with Gasteiger partial charge in [-0.25, -0.2) is 0 Å². The van der Waals surface area contributed by atoms with E-state index in [9.17, 15) is 4.79 Å². The minimum absolute atomic E-state index is 0.0734. The van der Waals surface area contributed by atoms with Gasteiger partial charge >= 0.3 is 0 Å². The van der Waals surface area contributed by atoms with Crippen LogP contribution in [-0.2, 0) is 4.79 Å². The number of nitrogens with zero attached hydrogens (tertiary/aromatic N) is 2. The molecule has 2 aromatic rings. The third-order valence-electron chi connectivity index (χ3n) is 3.41. The smallest absolute Gasteiger partial charge is 0.241 e. The van der Waals surface area contributed by atoms with E-state index in [4.69, 9.17) is 5.73 Å². The van der Waals surface area contributed by atoms with Crippen molar-refractivity contribution in [3.05, 3.63) is 30.6 Å². The maximum atomic E-state index is 12.0. The molecule has 1 aromatic heterocycles. The Balaban J connectivity index is 2.14. The quantitative estimate of drug-likeness (QED) is 0.818. The fourth-order valence-electron chi connectivity index (χ4n) is 2.21. The Morgan fingerprint density at radius 2 is 2.05 bits per heavy atom. The van der Waals surface area contributed by atoms with Gasteiger partial charge in [0.25, 0.3) is 0 Å². The van der Waals surface area contributed by atoms with Crippen LogP contribution in [0.3, 0.4) is 0 Å². The molecule has 20 heavy (non-hydrogen) atoms. The van der Waals surface area contributed by atoms with Crippen LogP contribution in [-0.4, -0.2) is 35.4 Å². The van der Waals surface area contributed by atoms with Gasteiger partial charge in [0, 0.05) is 36.3 Å². The predicted octanol–water partition coefficient (Wildman–Crippen LogP) is 2.10. The molecule has 2 rings (SSSR count). The lowest BCUT2D eigenvalue weighted by Gasteiger charge is -2.19. The molecule has 0 aliphatic rings. The van der Waals surface area contributed by atoms with Crippen molar-refractivity contribution >= 4 is 28.1 Å². The number of carbonyl (C=O) groups excluding carboxylic acids is 1. The topological polar surface area (TPSA) is 71.2 Å². The largest absolute Gasteiger partial charge is 0.397 e. The highest BCUT2D eigenvalue weighted by molar-refractivity contribution is 5.99. The van der Waals surface area contributed by atoms with Crippen molar-refractivity contribution in [2.45, 2.75) is 13.8 Å². The molecule has 0 atom stereocenters. The highest BCUT2D eigenvalue weighted by atomic mass is 16.2. The lowest BCUT2D eigenvalue weighted by Crippen LogP contribution is -2.35. The molecule has 1 aromatic carbocycles. The summed E-state index contributed by atoms with van der Waals surface area (Å²) < 4.78 is 0. The van der Waals surface area contributed by atoms with Gasteiger partial charge < -0.3 is 16.0 Å². The van der Waals surface area contributed by atoms with Gasteiger partial charge in [-0.3, -0.25) is 9.78 Å². The van der Waals surface area contributed by atoms with Crippen LogP contribution in [0, 0.1) is 0 Å². The molecule has 5 nitrogen and oxygen atoms in total. The zero-order valence-electron chi connectivity index (χ0n) is 11.9. The van der Waals surface area contributed by atoms with Gasteiger partial charge in [-0.2, -0.15) is 0 Å². The zero-order chi connectivity index (χ0) is 14.5. The number of carbonyl (C=O) groups is 1. The van der Waals surface area contributed by atoms with Crippen LogP contribution >= 0.6 is 0 Å². The highest BCUT2D eigenvalue weighted by Crippen LogP contribution is 2.27. The van der Waals surface area contributed by atoms with E-state index in [0.717, 1.165) is 29.5 Å². The Labute approximate surface area is 118 Å². The molecule has 0 fully saturated rings. The number of anilines is 2. The van der Waals surface area contributed by atoms with E-state index in [1.165, 1.54) is 0 Å². The molecule has 0 spiro atoms. The number of fused-ring (bicyclic) bond motifs is 1. The Kier molecular flexibility index (Phi) is 4.40. The summed E-state index contributed by atoms with van der Waals surface area (Å²) in [6.45, 7) is 5.63. The number of amides is 1. The van der Waals surface area contributed by atoms with E-state index in [-0.39, 0.29) is 12.5 Å². The highest BCUT2D eigenvalue weighted by Gasteiger charge is 2.10. The number of benzene rings is 1. The molecule has 106 valence electrons. The van der Waals surface area contributed by atoms with Gasteiger partial charge in [-0.15, -0.1) is 0 Å². The van der Waals surface area contributed by atoms with Crippen molar-refractivity contribution in [3.8, 4) is 0 Å². The average Bonchev–Trinajstić information content (AvgIpc) is 2.48. The molecule has 0 saturated heterocycles. The number of nitrogens with one attached hydrogen (secondary N) is 1. The van der Waals surface area contributed by atoms with Crippen molar-refractivity contribution < 1.29 is 4.79 Å². The number of pyridine rings is 1. The van der Waals surface area contributed by atoms with Crippen molar-refractivity contribution in [3.63, 3.8) is 0 Å². The molecular weight excluding hydrogens is 252 g/mol. The normalized spacial score (nSPS) is 10.5. The molecule has 1 amide bonds. The number of hydrogen-bond acceptors (Lipinski definition) is 4. The second-order valence-corrected chi connectivity index (χ2v) is 4.54. The van der Waals surface area contributed by atoms with Crippen molar-refractivity contribution in [1.29, 1.82) is 0 Å². The summed E-state index contributed by atoms with van der Waals surface area (Å²) in [7, 11) is 0. The first kappa shape index (κ1) is 14.1. The van der Waals surface area contributed by atoms with Crippen molar-refractivity contribution in [2.75, 3.05) is 30.7 Å². The Morgan fingerprint density at radius 1 is 1.30 bits per heavy atom. The maximum Gasteiger partial charge on any atom is 0.241 e. The fraction of sp³-hybridized carbons (Fsp3) is 0.333. The summed E-state index contributed by atoms with van der Waals surface area (Å²) in [5.74, 6) is 0.0734. The van der Waals surface area contributed by atoms with Gasteiger partial charge in [0.2, 0.25) is 5.91 Å². The molecule has 3 N–H and O–H groups in total. The summed E-state index contributed by atoms with van der Waals surface area (Å²) in [6.07, 6.45) is 3.49. The average molecular weight is 272 g/mol. The van der Waals surface area contributed by atoms with Gasteiger partial charge in [-0.05, 0) is 26.0 Å². The van der Waals surface area contributed by atoms with Gasteiger partial charge in [0.1, 0.15) is 0 Å². The van der Waals surface area contributed by atoms with Gasteiger partial charge in [0.05, 0.1) is 17.9 Å². The molecule has 0 bridgehead atoms. The number of nitrogens with two attached hydrogens (primary N) is 1. The van der Waals surface area contributed by atoms with Crippen LogP contribution in [0.5, 0.6) is 0 Å². The van der Waals surface area contributed by atoms with E-state index in [2.05, 4.69) is 10.3 Å². The number of rotatable bonds is 5. The zero-order valence-corrected chi connectivity index (χ0v) is 11.9. The number of aromatic nitrogens is 1. The monoisotopic (exact) mass is 272 g/mol. The molecular formula is C15H20N4O. The third kappa shape index (κ3) is 2.82. The van der Waals surface area contributed by atoms with Crippen LogP contribution in [0.4, 0.5) is 11.4 Å². The molecule has 0 saturated carbocycles. The van der Waals surface area contributed by atoms with Crippen LogP contribution in [0.1, 0.15) is 13.8 Å². The number of nitrogen functional groups attached to an aromatic ring is 1. The standard InChI is InChI=1S/C15H20N4O/c1-3-19(4-2)14(20)10-18-13-6-5-11-9-17-8-7-12(11)15(13)16/h5-9,18H,3-4,10,16H2,1-2H3. The molecule has 0 radical (unpaired) electrons. The van der Waals surface area contributed by atoms with Crippen molar-refractivity contribution in [2.24, 2.45) is 0 Å². The molecule has 0 unspecified atom stereocenters. The predicted molar refractivity (Wildman–Crippen MR) is 82.6 cm³/mol. The second-order valence-electron chi connectivity index (χ2n) is 4.54. The molecule has 1 heterocycles. The summed E-state index contributed by atoms with van der Waals surface area (Å²) in [4.78, 5) is 17.8. The Morgan fingerprint density at radius 3 is 2.75 bits per heavy atom. The van der Waals surface area contributed by atoms with Gasteiger partial charge in [-0.1, -0.05) is 6.07 Å². The second kappa shape index (κ2) is 6.23. The number of hydrogen-bond donors (Lipinski definition) is 2. The first-order chi connectivity index (χ1) is 9.67. The minimum atomic E-state index is 0.0734. The summed E-state index contributed by atoms with van der Waals surface area (Å²) in [5, 5.41) is 5.05. The van der Waals surface area contributed by atoms with Crippen LogP contribution in [0.2, 0.25) is 0 Å². The van der Waals surface area contributed by atoms with Crippen LogP contribution < -0.4 is 11.1 Å². The van der Waals surface area contributed by atoms with E-state index in [1.54, 1.807) is 17.3 Å². The van der Waals surface area contributed by atoms with Gasteiger partial charge in [0.15, 0.2) is 0 Å². The minimum Gasteiger partial charge on any atom is -0.397 e. The Hall–Kier alpha value is -2.30.